The van der Waals surface area contributed by atoms with E-state index in [9.17, 15) is 13.0 Å². The van der Waals surface area contributed by atoms with Crippen molar-refractivity contribution in [2.45, 2.75) is 22.6 Å². The molecule has 0 fully saturated rings. The summed E-state index contributed by atoms with van der Waals surface area (Å²) < 4.78 is 32.7. The van der Waals surface area contributed by atoms with Crippen molar-refractivity contribution < 1.29 is 13.0 Å². The van der Waals surface area contributed by atoms with Gasteiger partial charge in [0.1, 0.15) is 14.5 Å². The van der Waals surface area contributed by atoms with Gasteiger partial charge in [-0.3, -0.25) is 0 Å². The minimum atomic E-state index is -4.64. The smallest absolute Gasteiger partial charge is 0.148 e. The minimum absolute atomic E-state index is 0.115. The van der Waals surface area contributed by atoms with Crippen molar-refractivity contribution in [2.75, 3.05) is 0 Å². The predicted octanol–water partition coefficient (Wildman–Crippen LogP) is 3.77. The minimum Gasteiger partial charge on any atom is -0.744 e. The van der Waals surface area contributed by atoms with Crippen LogP contribution >= 0.6 is 23.2 Å². The lowest BCUT2D eigenvalue weighted by Crippen LogP contribution is -2.19. The molecule has 112 valence electrons. The highest BCUT2D eigenvalue weighted by atomic mass is 35.5. The lowest BCUT2D eigenvalue weighted by atomic mass is 10.0. The highest BCUT2D eigenvalue weighted by Gasteiger charge is 2.31. The summed E-state index contributed by atoms with van der Waals surface area (Å²) >= 11 is 12.7. The van der Waals surface area contributed by atoms with Crippen LogP contribution in [0.5, 0.6) is 0 Å². The fourth-order valence-electron chi connectivity index (χ4n) is 2.10. The van der Waals surface area contributed by atoms with Crippen LogP contribution in [0.4, 0.5) is 0 Å². The number of aryl methyl sites for hydroxylation is 1. The van der Waals surface area contributed by atoms with E-state index in [1.54, 1.807) is 13.0 Å². The Morgan fingerprint density at radius 1 is 1.10 bits per heavy atom. The van der Waals surface area contributed by atoms with Gasteiger partial charge in [0.15, 0.2) is 0 Å². The van der Waals surface area contributed by atoms with Crippen LogP contribution < -0.4 is 0 Å². The maximum Gasteiger partial charge on any atom is 0.148 e. The molecule has 0 spiro atoms. The van der Waals surface area contributed by atoms with Gasteiger partial charge in [-0.2, -0.15) is 0 Å². The van der Waals surface area contributed by atoms with Crippen LogP contribution in [-0.4, -0.2) is 13.0 Å². The molecular formula is C15H13Cl2O3S-. The second-order valence-electron chi connectivity index (χ2n) is 4.82. The van der Waals surface area contributed by atoms with Crippen LogP contribution in [0.25, 0.3) is 0 Å². The summed E-state index contributed by atoms with van der Waals surface area (Å²) in [5, 5.41) is 0. The number of hydrogen-bond donors (Lipinski definition) is 0. The van der Waals surface area contributed by atoms with Crippen LogP contribution in [0.1, 0.15) is 16.7 Å². The van der Waals surface area contributed by atoms with Gasteiger partial charge in [-0.1, -0.05) is 71.2 Å². The second kappa shape index (κ2) is 5.97. The normalized spacial score (nSPS) is 12.4. The van der Waals surface area contributed by atoms with Gasteiger partial charge in [0, 0.05) is 12.0 Å². The summed E-state index contributed by atoms with van der Waals surface area (Å²) in [7, 11) is -4.64. The molecule has 0 atom stereocenters. The first-order valence-electron chi connectivity index (χ1n) is 6.19. The molecule has 0 unspecified atom stereocenters. The Balaban J connectivity index is 2.51. The third kappa shape index (κ3) is 3.98. The number of halogens is 2. The zero-order valence-electron chi connectivity index (χ0n) is 11.2. The summed E-state index contributed by atoms with van der Waals surface area (Å²) in [6, 6.07) is 13.5. The summed E-state index contributed by atoms with van der Waals surface area (Å²) in [4.78, 5) is -0.381. The molecule has 0 aliphatic heterocycles. The molecule has 0 N–H and O–H groups in total. The molecule has 0 aliphatic carbocycles. The topological polar surface area (TPSA) is 57.2 Å². The van der Waals surface area contributed by atoms with Crippen LogP contribution in [0.15, 0.2) is 53.4 Å². The number of alkyl halides is 2. The Labute approximate surface area is 134 Å². The fraction of sp³-hybridized carbons (Fsp3) is 0.200. The van der Waals surface area contributed by atoms with Crippen molar-refractivity contribution in [3.8, 4) is 0 Å². The summed E-state index contributed by atoms with van der Waals surface area (Å²) in [5.41, 5.74) is 1.74. The number of benzene rings is 2. The van der Waals surface area contributed by atoms with Gasteiger partial charge in [-0.15, -0.1) is 0 Å². The molecule has 2 rings (SSSR count). The zero-order valence-corrected chi connectivity index (χ0v) is 13.5. The van der Waals surface area contributed by atoms with E-state index in [0.29, 0.717) is 0 Å². The Morgan fingerprint density at radius 3 is 2.29 bits per heavy atom. The van der Waals surface area contributed by atoms with E-state index in [4.69, 9.17) is 23.2 Å². The largest absolute Gasteiger partial charge is 0.744 e. The molecule has 2 aromatic carbocycles. The van der Waals surface area contributed by atoms with E-state index in [1.165, 1.54) is 12.1 Å². The molecule has 0 heterocycles. The van der Waals surface area contributed by atoms with E-state index in [2.05, 4.69) is 0 Å². The fourth-order valence-corrected chi connectivity index (χ4v) is 3.57. The maximum atomic E-state index is 11.4. The maximum absolute atomic E-state index is 11.4. The molecule has 2 aromatic rings. The standard InChI is InChI=1S/C15H14Cl2O3S/c1-11-7-8-14(21(18,19)20)13(9-11)15(16,17)10-12-5-3-2-4-6-12/h2-9H,10H2,1H3,(H,18,19,20)/p-1. The van der Waals surface area contributed by atoms with Crippen molar-refractivity contribution >= 4 is 33.3 Å². The van der Waals surface area contributed by atoms with Crippen molar-refractivity contribution in [3.63, 3.8) is 0 Å². The van der Waals surface area contributed by atoms with Gasteiger partial charge in [0.25, 0.3) is 0 Å². The second-order valence-corrected chi connectivity index (χ2v) is 7.65. The van der Waals surface area contributed by atoms with Crippen LogP contribution in [0, 0.1) is 6.92 Å². The summed E-state index contributed by atoms with van der Waals surface area (Å²) in [6.45, 7) is 1.77. The van der Waals surface area contributed by atoms with Crippen molar-refractivity contribution in [3.05, 3.63) is 65.2 Å². The molecule has 0 saturated carbocycles. The molecule has 0 aliphatic rings. The van der Waals surface area contributed by atoms with Crippen LogP contribution in [0.3, 0.4) is 0 Å². The lowest BCUT2D eigenvalue weighted by molar-refractivity contribution is 0.461. The molecule has 0 saturated heterocycles. The number of rotatable bonds is 4. The van der Waals surface area contributed by atoms with E-state index in [0.717, 1.165) is 11.1 Å². The van der Waals surface area contributed by atoms with Gasteiger partial charge in [-0.05, 0) is 18.6 Å². The SMILES string of the molecule is Cc1ccc(S(=O)(=O)[O-])c(C(Cl)(Cl)Cc2ccccc2)c1. The molecule has 0 bridgehead atoms. The van der Waals surface area contributed by atoms with Gasteiger partial charge in [-0.25, -0.2) is 8.42 Å². The molecule has 6 heteroatoms. The Bertz CT molecular complexity index is 741. The van der Waals surface area contributed by atoms with Gasteiger partial charge in [0.05, 0.1) is 4.90 Å². The molecule has 0 aromatic heterocycles. The Kier molecular flexibility index (Phi) is 4.63. The predicted molar refractivity (Wildman–Crippen MR) is 82.7 cm³/mol. The van der Waals surface area contributed by atoms with Crippen LogP contribution in [-0.2, 0) is 20.9 Å². The molecule has 3 nitrogen and oxygen atoms in total. The van der Waals surface area contributed by atoms with Crippen molar-refractivity contribution in [1.29, 1.82) is 0 Å². The van der Waals surface area contributed by atoms with Crippen molar-refractivity contribution in [1.82, 2.24) is 0 Å². The van der Waals surface area contributed by atoms with E-state index >= 15 is 0 Å². The average Bonchev–Trinajstić information content (AvgIpc) is 2.38. The highest BCUT2D eigenvalue weighted by Crippen LogP contribution is 2.41. The first kappa shape index (κ1) is 16.3. The molecule has 21 heavy (non-hydrogen) atoms. The Hall–Kier alpha value is -1.07. The molecular weight excluding hydrogens is 331 g/mol. The number of hydrogen-bond acceptors (Lipinski definition) is 3. The molecule has 0 amide bonds. The monoisotopic (exact) mass is 343 g/mol. The first-order chi connectivity index (χ1) is 9.70. The van der Waals surface area contributed by atoms with E-state index < -0.39 is 14.5 Å². The van der Waals surface area contributed by atoms with E-state index in [-0.39, 0.29) is 16.9 Å². The van der Waals surface area contributed by atoms with Gasteiger partial charge >= 0.3 is 0 Å². The molecule has 0 radical (unpaired) electrons. The summed E-state index contributed by atoms with van der Waals surface area (Å²) in [5.74, 6) is 0. The summed E-state index contributed by atoms with van der Waals surface area (Å²) in [6.07, 6.45) is 0.197. The van der Waals surface area contributed by atoms with Gasteiger partial charge < -0.3 is 4.55 Å². The van der Waals surface area contributed by atoms with Gasteiger partial charge in [0.2, 0.25) is 0 Å². The highest BCUT2D eigenvalue weighted by molar-refractivity contribution is 7.85. The quantitative estimate of drug-likeness (QED) is 0.627. The third-order valence-corrected chi connectivity index (χ3v) is 4.64. The van der Waals surface area contributed by atoms with E-state index in [1.807, 2.05) is 30.3 Å². The Morgan fingerprint density at radius 2 is 1.71 bits per heavy atom. The average molecular weight is 344 g/mol. The van der Waals surface area contributed by atoms with Crippen LogP contribution in [0.2, 0.25) is 0 Å². The third-order valence-electron chi connectivity index (χ3n) is 3.07. The van der Waals surface area contributed by atoms with Crippen molar-refractivity contribution in [2.24, 2.45) is 0 Å². The lowest BCUT2D eigenvalue weighted by Gasteiger charge is -2.25. The zero-order chi connectivity index (χ0) is 15.7. The first-order valence-corrected chi connectivity index (χ1v) is 8.35.